The highest BCUT2D eigenvalue weighted by Crippen LogP contribution is 2.33. The monoisotopic (exact) mass is 443 g/mol. The second kappa shape index (κ2) is 9.45. The zero-order chi connectivity index (χ0) is 22.5. The molecule has 0 aliphatic rings. The predicted octanol–water partition coefficient (Wildman–Crippen LogP) is 4.46. The number of rotatable bonds is 7. The number of carbonyl (C=O) groups excluding carboxylic acids is 1. The van der Waals surface area contributed by atoms with Gasteiger partial charge in [-0.15, -0.1) is 0 Å². The van der Waals surface area contributed by atoms with Crippen LogP contribution in [0.3, 0.4) is 0 Å². The third-order valence-electron chi connectivity index (χ3n) is 5.06. The molecule has 0 bridgehead atoms. The molecule has 0 radical (unpaired) electrons. The number of aromatic amines is 1. The Bertz CT molecular complexity index is 1350. The summed E-state index contributed by atoms with van der Waals surface area (Å²) in [5, 5.41) is 12.9. The van der Waals surface area contributed by atoms with E-state index in [1.807, 2.05) is 54.0 Å². The molecule has 2 heterocycles. The summed E-state index contributed by atoms with van der Waals surface area (Å²) in [4.78, 5) is 19.7. The fourth-order valence-corrected chi connectivity index (χ4v) is 3.94. The van der Waals surface area contributed by atoms with Crippen LogP contribution >= 0.6 is 12.2 Å². The average molecular weight is 444 g/mol. The molecule has 0 aliphatic carbocycles. The van der Waals surface area contributed by atoms with Gasteiger partial charge in [-0.2, -0.15) is 5.26 Å². The highest BCUT2D eigenvalue weighted by atomic mass is 32.1. The molecule has 4 rings (SSSR count). The number of hydrogen-bond donors (Lipinski definition) is 2. The summed E-state index contributed by atoms with van der Waals surface area (Å²) < 4.78 is 7.88. The van der Waals surface area contributed by atoms with Crippen LogP contribution in [-0.2, 0) is 6.54 Å². The quantitative estimate of drug-likeness (QED) is 0.411. The molecule has 0 saturated heterocycles. The van der Waals surface area contributed by atoms with Gasteiger partial charge in [0.15, 0.2) is 4.64 Å². The van der Waals surface area contributed by atoms with Crippen LogP contribution in [0.5, 0.6) is 5.75 Å². The minimum atomic E-state index is -0.159. The largest absolute Gasteiger partial charge is 0.494 e. The van der Waals surface area contributed by atoms with E-state index in [1.165, 1.54) is 6.33 Å². The number of nitriles is 1. The number of fused-ring (bicyclic) bond motifs is 1. The maximum Gasteiger partial charge on any atom is 0.251 e. The van der Waals surface area contributed by atoms with Gasteiger partial charge in [0, 0.05) is 18.7 Å². The van der Waals surface area contributed by atoms with Gasteiger partial charge >= 0.3 is 0 Å². The number of H-pyrrole nitrogens is 1. The van der Waals surface area contributed by atoms with Gasteiger partial charge in [-0.1, -0.05) is 30.4 Å². The molecule has 2 aromatic carbocycles. The van der Waals surface area contributed by atoms with Crippen LogP contribution in [-0.4, -0.2) is 33.6 Å². The number of ether oxygens (including phenoxy) is 1. The van der Waals surface area contributed by atoms with Crippen LogP contribution in [0.25, 0.3) is 22.3 Å². The first-order valence-electron chi connectivity index (χ1n) is 10.2. The molecular weight excluding hydrogens is 422 g/mol. The lowest BCUT2D eigenvalue weighted by Crippen LogP contribution is -2.27. The van der Waals surface area contributed by atoms with Crippen molar-refractivity contribution in [1.82, 2.24) is 19.9 Å². The molecule has 4 aromatic rings. The molecule has 160 valence electrons. The molecule has 8 heteroatoms. The Labute approximate surface area is 190 Å². The average Bonchev–Trinajstić information content (AvgIpc) is 3.15. The van der Waals surface area contributed by atoms with Crippen LogP contribution in [0, 0.1) is 16.0 Å². The molecule has 32 heavy (non-hydrogen) atoms. The predicted molar refractivity (Wildman–Crippen MR) is 125 cm³/mol. The molecular formula is C24H21N5O2S. The van der Waals surface area contributed by atoms with Crippen molar-refractivity contribution in [3.8, 4) is 23.1 Å². The fraction of sp³-hybridized carbons (Fsp3) is 0.167. The number of hydrogen-bond acceptors (Lipinski definition) is 5. The Balaban J connectivity index is 1.73. The SMILES string of the molecule is CCOc1ccc(-c2c(C#N)c3[nH]cnc(=S)c3n2CCNC(=O)c2ccccc2)cc1. The molecule has 0 spiro atoms. The molecule has 0 fully saturated rings. The number of benzene rings is 2. The van der Waals surface area contributed by atoms with Gasteiger partial charge in [0.25, 0.3) is 5.91 Å². The summed E-state index contributed by atoms with van der Waals surface area (Å²) in [7, 11) is 0. The first-order valence-corrected chi connectivity index (χ1v) is 10.6. The summed E-state index contributed by atoms with van der Waals surface area (Å²) in [5.74, 6) is 0.596. The lowest BCUT2D eigenvalue weighted by atomic mass is 10.1. The number of nitrogens with one attached hydrogen (secondary N) is 2. The van der Waals surface area contributed by atoms with Gasteiger partial charge in [-0.3, -0.25) is 4.79 Å². The topological polar surface area (TPSA) is 95.7 Å². The van der Waals surface area contributed by atoms with E-state index in [1.54, 1.807) is 12.1 Å². The summed E-state index contributed by atoms with van der Waals surface area (Å²) in [6, 6.07) is 18.9. The molecule has 2 aromatic heterocycles. The maximum atomic E-state index is 12.5. The number of carbonyl (C=O) groups is 1. The van der Waals surface area contributed by atoms with E-state index < -0.39 is 0 Å². The van der Waals surface area contributed by atoms with E-state index in [9.17, 15) is 10.1 Å². The van der Waals surface area contributed by atoms with Gasteiger partial charge in [0.05, 0.1) is 24.1 Å². The summed E-state index contributed by atoms with van der Waals surface area (Å²) in [6.45, 7) is 3.28. The molecule has 0 unspecified atom stereocenters. The Kier molecular flexibility index (Phi) is 6.29. The van der Waals surface area contributed by atoms with Gasteiger partial charge in [-0.25, -0.2) is 4.98 Å². The van der Waals surface area contributed by atoms with Gasteiger partial charge < -0.3 is 19.6 Å². The number of aromatic nitrogens is 3. The smallest absolute Gasteiger partial charge is 0.251 e. The maximum absolute atomic E-state index is 12.5. The van der Waals surface area contributed by atoms with Gasteiger partial charge in [-0.05, 0) is 48.9 Å². The van der Waals surface area contributed by atoms with Crippen molar-refractivity contribution in [1.29, 1.82) is 5.26 Å². The van der Waals surface area contributed by atoms with Crippen molar-refractivity contribution in [2.45, 2.75) is 13.5 Å². The zero-order valence-corrected chi connectivity index (χ0v) is 18.3. The third kappa shape index (κ3) is 4.11. The van der Waals surface area contributed by atoms with Crippen molar-refractivity contribution < 1.29 is 9.53 Å². The Morgan fingerprint density at radius 3 is 2.66 bits per heavy atom. The van der Waals surface area contributed by atoms with Crippen LogP contribution in [0.4, 0.5) is 0 Å². The first kappa shape index (κ1) is 21.3. The lowest BCUT2D eigenvalue weighted by Gasteiger charge is -2.13. The van der Waals surface area contributed by atoms with E-state index in [-0.39, 0.29) is 5.91 Å². The van der Waals surface area contributed by atoms with Crippen LogP contribution in [0.1, 0.15) is 22.8 Å². The van der Waals surface area contributed by atoms with Crippen LogP contribution < -0.4 is 10.1 Å². The van der Waals surface area contributed by atoms with Gasteiger partial charge in [0.1, 0.15) is 22.9 Å². The zero-order valence-electron chi connectivity index (χ0n) is 17.5. The van der Waals surface area contributed by atoms with Crippen LogP contribution in [0.2, 0.25) is 0 Å². The minimum absolute atomic E-state index is 0.159. The Morgan fingerprint density at radius 1 is 1.22 bits per heavy atom. The summed E-state index contributed by atoms with van der Waals surface area (Å²) in [5.41, 5.74) is 3.93. The normalized spacial score (nSPS) is 10.6. The van der Waals surface area contributed by atoms with E-state index in [0.29, 0.717) is 46.5 Å². The van der Waals surface area contributed by atoms with E-state index in [0.717, 1.165) is 17.0 Å². The van der Waals surface area contributed by atoms with Crippen molar-refractivity contribution in [2.24, 2.45) is 0 Å². The molecule has 0 atom stereocenters. The van der Waals surface area contributed by atoms with E-state index in [2.05, 4.69) is 21.4 Å². The molecule has 1 amide bonds. The van der Waals surface area contributed by atoms with E-state index in [4.69, 9.17) is 17.0 Å². The first-order chi connectivity index (χ1) is 15.6. The van der Waals surface area contributed by atoms with E-state index >= 15 is 0 Å². The minimum Gasteiger partial charge on any atom is -0.494 e. The third-order valence-corrected chi connectivity index (χ3v) is 5.36. The van der Waals surface area contributed by atoms with Crippen LogP contribution in [0.15, 0.2) is 60.9 Å². The second-order valence-electron chi connectivity index (χ2n) is 7.00. The highest BCUT2D eigenvalue weighted by Gasteiger charge is 2.20. The molecule has 0 saturated carbocycles. The summed E-state index contributed by atoms with van der Waals surface area (Å²) >= 11 is 5.48. The fourth-order valence-electron chi connectivity index (χ4n) is 3.68. The highest BCUT2D eigenvalue weighted by molar-refractivity contribution is 7.71. The second-order valence-corrected chi connectivity index (χ2v) is 7.38. The van der Waals surface area contributed by atoms with Crippen molar-refractivity contribution in [2.75, 3.05) is 13.2 Å². The van der Waals surface area contributed by atoms with Crippen molar-refractivity contribution in [3.63, 3.8) is 0 Å². The van der Waals surface area contributed by atoms with Crippen molar-refractivity contribution in [3.05, 3.63) is 76.7 Å². The Morgan fingerprint density at radius 2 is 1.97 bits per heavy atom. The standard InChI is InChI=1S/C24H21N5O2S/c1-2-31-18-10-8-16(9-11-18)21-19(14-25)20-22(24(32)28-15-27-20)29(21)13-12-26-23(30)17-6-4-3-5-7-17/h3-11,15H,2,12-13H2,1H3,(H,26,30)(H,27,28,32). The lowest BCUT2D eigenvalue weighted by molar-refractivity contribution is 0.0952. The number of nitrogens with zero attached hydrogens (tertiary/aromatic N) is 3. The Hall–Kier alpha value is -3.96. The summed E-state index contributed by atoms with van der Waals surface area (Å²) in [6.07, 6.45) is 1.50. The molecule has 0 aliphatic heterocycles. The van der Waals surface area contributed by atoms with Gasteiger partial charge in [0.2, 0.25) is 0 Å². The van der Waals surface area contributed by atoms with Crippen molar-refractivity contribution >= 4 is 29.2 Å². The number of amides is 1. The molecule has 7 nitrogen and oxygen atoms in total. The molecule has 2 N–H and O–H groups in total.